The van der Waals surface area contributed by atoms with Crippen LogP contribution in [0.3, 0.4) is 0 Å². The van der Waals surface area contributed by atoms with Crippen LogP contribution in [0.25, 0.3) is 17.1 Å². The second-order valence-corrected chi connectivity index (χ2v) is 10.4. The molecule has 1 aliphatic heterocycles. The van der Waals surface area contributed by atoms with E-state index in [0.29, 0.717) is 41.3 Å². The number of nitrogens with one attached hydrogen (secondary N) is 1. The number of halogens is 4. The van der Waals surface area contributed by atoms with E-state index in [4.69, 9.17) is 11.6 Å². The monoisotopic (exact) mass is 618 g/mol. The number of aromatic nitrogens is 6. The molecular weight excluding hydrogens is 593 g/mol. The fraction of sp³-hybridized carbons (Fsp3) is 0.333. The van der Waals surface area contributed by atoms with Crippen LogP contribution in [0.4, 0.5) is 13.2 Å². The van der Waals surface area contributed by atoms with Crippen LogP contribution in [0.2, 0.25) is 5.02 Å². The highest BCUT2D eigenvalue weighted by Crippen LogP contribution is 2.24. The lowest BCUT2D eigenvalue weighted by Crippen LogP contribution is -2.37. The molecule has 5 rings (SSSR count). The van der Waals surface area contributed by atoms with Gasteiger partial charge in [0.15, 0.2) is 17.8 Å². The normalized spacial score (nSPS) is 16.0. The first-order valence-electron chi connectivity index (χ1n) is 13.2. The third kappa shape index (κ3) is 6.62. The number of hydrogen-bond acceptors (Lipinski definition) is 7. The molecule has 0 aliphatic carbocycles. The minimum Gasteiger partial charge on any atom is -0.382 e. The van der Waals surface area contributed by atoms with Crippen molar-refractivity contribution >= 4 is 23.4 Å². The van der Waals surface area contributed by atoms with Crippen molar-refractivity contribution in [2.45, 2.75) is 44.8 Å². The van der Waals surface area contributed by atoms with Gasteiger partial charge in [0.05, 0.1) is 17.8 Å². The van der Waals surface area contributed by atoms with Crippen molar-refractivity contribution in [3.05, 3.63) is 81.8 Å². The summed E-state index contributed by atoms with van der Waals surface area (Å²) in [5.74, 6) is -0.440. The molecule has 4 aromatic rings. The zero-order valence-corrected chi connectivity index (χ0v) is 23.5. The quantitative estimate of drug-likeness (QED) is 0.309. The third-order valence-electron chi connectivity index (χ3n) is 6.85. The Labute approximate surface area is 247 Å². The summed E-state index contributed by atoms with van der Waals surface area (Å²) < 4.78 is 42.4. The molecule has 0 spiro atoms. The van der Waals surface area contributed by atoms with Gasteiger partial charge < -0.3 is 15.3 Å². The Kier molecular flexibility index (Phi) is 8.37. The average molecular weight is 619 g/mol. The number of aliphatic hydroxyl groups excluding tert-OH is 1. The summed E-state index contributed by atoms with van der Waals surface area (Å²) in [6, 6.07) is 12.6. The number of hydrogen-bond donors (Lipinski definition) is 2. The lowest BCUT2D eigenvalue weighted by molar-refractivity contribution is -0.207. The molecule has 16 heteroatoms. The molecule has 2 aromatic carbocycles. The topological polar surface area (TPSA) is 140 Å². The molecule has 3 heterocycles. The standard InChI is InChI=1S/C27H26ClF3N8O4/c1-16(40)33-19-10-11-36(12-19)25(42)20-4-2-3-5-21(20)39-15-32-23(34-39)14-38-26(43)37(13-22(41)27(29,30)31)24(35-38)17-6-8-18(28)9-7-17/h2-9,15,19,22,41H,10-14H2,1H3,(H,33,40)/t19-,22+/m1/s1. The van der Waals surface area contributed by atoms with Crippen LogP contribution in [0, 0.1) is 0 Å². The van der Waals surface area contributed by atoms with Crippen LogP contribution in [-0.4, -0.2) is 82.3 Å². The van der Waals surface area contributed by atoms with Crippen LogP contribution < -0.4 is 11.0 Å². The maximum atomic E-state index is 13.4. The largest absolute Gasteiger partial charge is 0.416 e. The highest BCUT2D eigenvalue weighted by molar-refractivity contribution is 6.30. The Morgan fingerprint density at radius 3 is 2.56 bits per heavy atom. The highest BCUT2D eigenvalue weighted by Gasteiger charge is 2.39. The first-order chi connectivity index (χ1) is 20.4. The van der Waals surface area contributed by atoms with Gasteiger partial charge in [-0.1, -0.05) is 23.7 Å². The Balaban J connectivity index is 1.41. The smallest absolute Gasteiger partial charge is 0.382 e. The van der Waals surface area contributed by atoms with E-state index < -0.39 is 24.5 Å². The number of alkyl halides is 3. The van der Waals surface area contributed by atoms with Crippen molar-refractivity contribution in [3.63, 3.8) is 0 Å². The number of aliphatic hydroxyl groups is 1. The number of benzene rings is 2. The molecule has 226 valence electrons. The van der Waals surface area contributed by atoms with E-state index in [2.05, 4.69) is 20.5 Å². The van der Waals surface area contributed by atoms with Gasteiger partial charge in [-0.2, -0.15) is 13.2 Å². The molecule has 1 aliphatic rings. The number of para-hydroxylation sites is 1. The van der Waals surface area contributed by atoms with Crippen LogP contribution in [0.15, 0.2) is 59.7 Å². The van der Waals surface area contributed by atoms with E-state index in [-0.39, 0.29) is 36.0 Å². The molecule has 0 bridgehead atoms. The summed E-state index contributed by atoms with van der Waals surface area (Å²) in [6.07, 6.45) is -5.78. The zero-order chi connectivity index (χ0) is 30.9. The van der Waals surface area contributed by atoms with Crippen LogP contribution in [-0.2, 0) is 17.9 Å². The zero-order valence-electron chi connectivity index (χ0n) is 22.7. The summed E-state index contributed by atoms with van der Waals surface area (Å²) in [5, 5.41) is 21.5. The Morgan fingerprint density at radius 2 is 1.86 bits per heavy atom. The number of carbonyl (C=O) groups excluding carboxylic acids is 2. The molecule has 0 radical (unpaired) electrons. The number of likely N-dealkylation sites (tertiary alicyclic amines) is 1. The summed E-state index contributed by atoms with van der Waals surface area (Å²) in [4.78, 5) is 43.8. The molecule has 2 atom stereocenters. The molecular formula is C27H26ClF3N8O4. The number of amides is 2. The van der Waals surface area contributed by atoms with Crippen molar-refractivity contribution in [1.82, 2.24) is 39.3 Å². The van der Waals surface area contributed by atoms with Gasteiger partial charge in [0.2, 0.25) is 5.91 Å². The summed E-state index contributed by atoms with van der Waals surface area (Å²) >= 11 is 5.93. The fourth-order valence-corrected chi connectivity index (χ4v) is 4.92. The lowest BCUT2D eigenvalue weighted by Gasteiger charge is -2.18. The van der Waals surface area contributed by atoms with E-state index >= 15 is 0 Å². The lowest BCUT2D eigenvalue weighted by atomic mass is 10.1. The number of nitrogens with zero attached hydrogens (tertiary/aromatic N) is 7. The molecule has 1 saturated heterocycles. The molecule has 0 unspecified atom stereocenters. The minimum atomic E-state index is -4.95. The predicted molar refractivity (Wildman–Crippen MR) is 148 cm³/mol. The van der Waals surface area contributed by atoms with E-state index in [1.165, 1.54) is 42.2 Å². The molecule has 12 nitrogen and oxygen atoms in total. The van der Waals surface area contributed by atoms with Gasteiger partial charge >= 0.3 is 11.9 Å². The van der Waals surface area contributed by atoms with Gasteiger partial charge in [0.25, 0.3) is 5.91 Å². The Hall–Kier alpha value is -4.50. The van der Waals surface area contributed by atoms with E-state index in [0.717, 1.165) is 9.25 Å². The third-order valence-corrected chi connectivity index (χ3v) is 7.11. The Bertz CT molecular complexity index is 1700. The molecule has 1 fully saturated rings. The van der Waals surface area contributed by atoms with E-state index in [9.17, 15) is 32.7 Å². The van der Waals surface area contributed by atoms with E-state index in [1.54, 1.807) is 29.2 Å². The SMILES string of the molecule is CC(=O)N[C@@H]1CCN(C(=O)c2ccccc2-n2cnc(Cn3nc(-c4ccc(Cl)cc4)n(C[C@H](O)C(F)(F)F)c3=O)n2)C1. The highest BCUT2D eigenvalue weighted by atomic mass is 35.5. The van der Waals surface area contributed by atoms with Crippen molar-refractivity contribution in [2.75, 3.05) is 13.1 Å². The molecule has 2 N–H and O–H groups in total. The van der Waals surface area contributed by atoms with Crippen molar-refractivity contribution in [1.29, 1.82) is 0 Å². The van der Waals surface area contributed by atoms with Crippen molar-refractivity contribution in [2.24, 2.45) is 0 Å². The number of rotatable bonds is 8. The predicted octanol–water partition coefficient (Wildman–Crippen LogP) is 2.27. The maximum absolute atomic E-state index is 13.4. The molecule has 2 aromatic heterocycles. The summed E-state index contributed by atoms with van der Waals surface area (Å²) in [7, 11) is 0. The van der Waals surface area contributed by atoms with E-state index in [1.807, 2.05) is 0 Å². The van der Waals surface area contributed by atoms with Crippen molar-refractivity contribution < 1.29 is 27.9 Å². The minimum absolute atomic E-state index is 0.0972. The average Bonchev–Trinajstić information content (AvgIpc) is 3.69. The van der Waals surface area contributed by atoms with Gasteiger partial charge in [-0.25, -0.2) is 19.1 Å². The van der Waals surface area contributed by atoms with Crippen LogP contribution in [0.5, 0.6) is 0 Å². The fourth-order valence-electron chi connectivity index (χ4n) is 4.79. The summed E-state index contributed by atoms with van der Waals surface area (Å²) in [5.41, 5.74) is 0.156. The Morgan fingerprint density at radius 1 is 1.14 bits per heavy atom. The van der Waals surface area contributed by atoms with Crippen molar-refractivity contribution in [3.8, 4) is 17.1 Å². The van der Waals surface area contributed by atoms with Gasteiger partial charge in [-0.3, -0.25) is 14.2 Å². The first-order valence-corrected chi connectivity index (χ1v) is 13.5. The first kappa shape index (κ1) is 30.0. The van der Waals surface area contributed by atoms with Gasteiger partial charge in [-0.05, 0) is 42.8 Å². The summed E-state index contributed by atoms with van der Waals surface area (Å²) in [6.45, 7) is 0.870. The second kappa shape index (κ2) is 12.0. The van der Waals surface area contributed by atoms with Gasteiger partial charge in [0.1, 0.15) is 12.9 Å². The van der Waals surface area contributed by atoms with Gasteiger partial charge in [0, 0.05) is 36.6 Å². The van der Waals surface area contributed by atoms with Crippen LogP contribution in [0.1, 0.15) is 29.5 Å². The number of carbonyl (C=O) groups is 2. The maximum Gasteiger partial charge on any atom is 0.416 e. The van der Waals surface area contributed by atoms with Gasteiger partial charge in [-0.15, -0.1) is 10.2 Å². The molecule has 43 heavy (non-hydrogen) atoms. The molecule has 2 amide bonds. The second-order valence-electron chi connectivity index (χ2n) is 10.00. The molecule has 0 saturated carbocycles. The van der Waals surface area contributed by atoms with Crippen LogP contribution >= 0.6 is 11.6 Å².